The number of rotatable bonds is 3. The molecule has 2 aliphatic carbocycles. The topological polar surface area (TPSA) is 76.3 Å². The molecule has 4 rings (SSSR count). The van der Waals surface area contributed by atoms with Gasteiger partial charge in [-0.3, -0.25) is 14.2 Å². The Kier molecular flexibility index (Phi) is 3.61. The fourth-order valence-corrected chi connectivity index (χ4v) is 5.20. The molecule has 2 unspecified atom stereocenters. The van der Waals surface area contributed by atoms with Gasteiger partial charge < -0.3 is 0 Å². The summed E-state index contributed by atoms with van der Waals surface area (Å²) in [6.45, 7) is 6.79. The molecular weight excluding hydrogens is 336 g/mol. The second-order valence-corrected chi connectivity index (χ2v) is 8.82. The van der Waals surface area contributed by atoms with Crippen LogP contribution in [-0.2, 0) is 11.3 Å². The fraction of sp³-hybridized carbons (Fsp3) is 0.556. The van der Waals surface area contributed by atoms with Crippen LogP contribution in [0.15, 0.2) is 27.7 Å². The molecule has 2 heterocycles. The van der Waals surface area contributed by atoms with Crippen molar-refractivity contribution in [3.8, 4) is 0 Å². The van der Waals surface area contributed by atoms with E-state index in [1.807, 2.05) is 5.38 Å². The van der Waals surface area contributed by atoms with E-state index in [-0.39, 0.29) is 28.8 Å². The SMILES string of the molecule is CC12CCC(CC1=NNC(=O)Cn1cnc3ccsc3c1=O)C2(C)C. The Morgan fingerprint density at radius 2 is 2.28 bits per heavy atom. The zero-order valence-electron chi connectivity index (χ0n) is 14.7. The van der Waals surface area contributed by atoms with E-state index in [2.05, 4.69) is 36.3 Å². The Hall–Kier alpha value is -2.02. The van der Waals surface area contributed by atoms with Crippen molar-refractivity contribution in [2.45, 2.75) is 46.6 Å². The number of thiophene rings is 1. The van der Waals surface area contributed by atoms with Gasteiger partial charge in [-0.1, -0.05) is 20.8 Å². The van der Waals surface area contributed by atoms with Gasteiger partial charge in [0.05, 0.1) is 11.8 Å². The molecule has 2 aromatic heterocycles. The van der Waals surface area contributed by atoms with Crippen LogP contribution < -0.4 is 11.0 Å². The maximum atomic E-state index is 12.3. The molecule has 0 spiro atoms. The maximum absolute atomic E-state index is 12.3. The smallest absolute Gasteiger partial charge is 0.271 e. The molecule has 2 aromatic rings. The zero-order valence-corrected chi connectivity index (χ0v) is 15.5. The molecule has 7 heteroatoms. The second-order valence-electron chi connectivity index (χ2n) is 7.90. The summed E-state index contributed by atoms with van der Waals surface area (Å²) in [6, 6.07) is 1.80. The molecule has 1 amide bonds. The molecule has 2 saturated carbocycles. The normalized spacial score (nSPS) is 28.8. The predicted octanol–water partition coefficient (Wildman–Crippen LogP) is 2.78. The van der Waals surface area contributed by atoms with Gasteiger partial charge in [-0.05, 0) is 42.0 Å². The molecule has 0 aromatic carbocycles. The van der Waals surface area contributed by atoms with E-state index in [9.17, 15) is 9.59 Å². The average molecular weight is 358 g/mol. The highest BCUT2D eigenvalue weighted by molar-refractivity contribution is 7.17. The molecule has 0 aliphatic heterocycles. The summed E-state index contributed by atoms with van der Waals surface area (Å²) in [5, 5.41) is 6.26. The summed E-state index contributed by atoms with van der Waals surface area (Å²) in [5.41, 5.74) is 4.50. The molecule has 6 nitrogen and oxygen atoms in total. The van der Waals surface area contributed by atoms with Crippen molar-refractivity contribution in [1.29, 1.82) is 0 Å². The third-order valence-electron chi connectivity index (χ3n) is 6.58. The van der Waals surface area contributed by atoms with Crippen LogP contribution in [0.5, 0.6) is 0 Å². The highest BCUT2D eigenvalue weighted by Gasteiger charge is 2.59. The van der Waals surface area contributed by atoms with Crippen LogP contribution in [0.1, 0.15) is 40.0 Å². The van der Waals surface area contributed by atoms with E-state index in [0.29, 0.717) is 16.1 Å². The largest absolute Gasteiger partial charge is 0.288 e. The van der Waals surface area contributed by atoms with Crippen LogP contribution in [0.3, 0.4) is 0 Å². The molecule has 2 aliphatic rings. The summed E-state index contributed by atoms with van der Waals surface area (Å²) in [4.78, 5) is 28.8. The second kappa shape index (κ2) is 5.49. The van der Waals surface area contributed by atoms with Crippen molar-refractivity contribution < 1.29 is 4.79 Å². The maximum Gasteiger partial charge on any atom is 0.271 e. The van der Waals surface area contributed by atoms with Gasteiger partial charge in [-0.2, -0.15) is 5.10 Å². The van der Waals surface area contributed by atoms with Gasteiger partial charge in [-0.15, -0.1) is 11.3 Å². The molecular formula is C18H22N4O2S. The molecule has 0 radical (unpaired) electrons. The van der Waals surface area contributed by atoms with Gasteiger partial charge in [0.25, 0.3) is 11.5 Å². The summed E-state index contributed by atoms with van der Waals surface area (Å²) in [7, 11) is 0. The van der Waals surface area contributed by atoms with E-state index in [4.69, 9.17) is 0 Å². The third kappa shape index (κ3) is 2.36. The first-order chi connectivity index (χ1) is 11.8. The van der Waals surface area contributed by atoms with E-state index in [1.165, 1.54) is 28.7 Å². The highest BCUT2D eigenvalue weighted by atomic mass is 32.1. The summed E-state index contributed by atoms with van der Waals surface area (Å²) >= 11 is 1.34. The van der Waals surface area contributed by atoms with Crippen LogP contribution in [0.4, 0.5) is 0 Å². The minimum Gasteiger partial charge on any atom is -0.288 e. The highest BCUT2D eigenvalue weighted by Crippen LogP contribution is 2.63. The van der Waals surface area contributed by atoms with Crippen molar-refractivity contribution in [3.63, 3.8) is 0 Å². The number of amides is 1. The quantitative estimate of drug-likeness (QED) is 0.857. The summed E-state index contributed by atoms with van der Waals surface area (Å²) in [5.74, 6) is 0.345. The van der Waals surface area contributed by atoms with Crippen LogP contribution in [0, 0.1) is 16.7 Å². The van der Waals surface area contributed by atoms with Crippen molar-refractivity contribution in [3.05, 3.63) is 28.1 Å². The van der Waals surface area contributed by atoms with E-state index in [1.54, 1.807) is 6.07 Å². The molecule has 1 N–H and O–H groups in total. The van der Waals surface area contributed by atoms with Gasteiger partial charge >= 0.3 is 0 Å². The van der Waals surface area contributed by atoms with Crippen LogP contribution in [-0.4, -0.2) is 21.2 Å². The number of nitrogens with one attached hydrogen (secondary N) is 1. The number of hydrogen-bond donors (Lipinski definition) is 1. The number of hydrazone groups is 1. The molecule has 2 atom stereocenters. The lowest BCUT2D eigenvalue weighted by atomic mass is 9.70. The van der Waals surface area contributed by atoms with Crippen molar-refractivity contribution in [2.75, 3.05) is 0 Å². The predicted molar refractivity (Wildman–Crippen MR) is 98.7 cm³/mol. The van der Waals surface area contributed by atoms with Crippen molar-refractivity contribution in [2.24, 2.45) is 21.8 Å². The van der Waals surface area contributed by atoms with Gasteiger partial charge in [-0.25, -0.2) is 10.4 Å². The van der Waals surface area contributed by atoms with E-state index < -0.39 is 0 Å². The monoisotopic (exact) mass is 358 g/mol. The minimum atomic E-state index is -0.295. The first kappa shape index (κ1) is 16.4. The van der Waals surface area contributed by atoms with E-state index in [0.717, 1.165) is 18.6 Å². The lowest BCUT2D eigenvalue weighted by Gasteiger charge is -2.34. The number of carbonyl (C=O) groups excluding carboxylic acids is 1. The van der Waals surface area contributed by atoms with Crippen molar-refractivity contribution >= 4 is 33.2 Å². The number of carbonyl (C=O) groups is 1. The van der Waals surface area contributed by atoms with Gasteiger partial charge in [0.1, 0.15) is 11.2 Å². The number of nitrogens with zero attached hydrogens (tertiary/aromatic N) is 3. The Balaban J connectivity index is 1.50. The van der Waals surface area contributed by atoms with Crippen LogP contribution >= 0.6 is 11.3 Å². The van der Waals surface area contributed by atoms with Crippen LogP contribution in [0.25, 0.3) is 10.2 Å². The van der Waals surface area contributed by atoms with E-state index >= 15 is 0 Å². The molecule has 132 valence electrons. The first-order valence-electron chi connectivity index (χ1n) is 8.61. The Labute approximate surface area is 150 Å². The average Bonchev–Trinajstić information content (AvgIpc) is 3.18. The zero-order chi connectivity index (χ0) is 17.8. The minimum absolute atomic E-state index is 0.0548. The number of aromatic nitrogens is 2. The summed E-state index contributed by atoms with van der Waals surface area (Å²) < 4.78 is 1.91. The van der Waals surface area contributed by atoms with Gasteiger partial charge in [0.15, 0.2) is 0 Å². The molecule has 25 heavy (non-hydrogen) atoms. The molecule has 0 saturated heterocycles. The number of fused-ring (bicyclic) bond motifs is 3. The van der Waals surface area contributed by atoms with Crippen LogP contribution in [0.2, 0.25) is 0 Å². The lowest BCUT2D eigenvalue weighted by Crippen LogP contribution is -2.35. The van der Waals surface area contributed by atoms with Crippen molar-refractivity contribution in [1.82, 2.24) is 15.0 Å². The van der Waals surface area contributed by atoms with Gasteiger partial charge in [0, 0.05) is 11.1 Å². The molecule has 2 bridgehead atoms. The third-order valence-corrected chi connectivity index (χ3v) is 7.47. The fourth-order valence-electron chi connectivity index (χ4n) is 4.41. The standard InChI is InChI=1S/C18H22N4O2S/c1-17(2)11-4-6-18(17,3)13(8-11)20-21-14(23)9-22-10-19-12-5-7-25-15(12)16(22)24/h5,7,10-11H,4,6,8-9H2,1-3H3,(H,21,23). The Morgan fingerprint density at radius 1 is 1.48 bits per heavy atom. The Morgan fingerprint density at radius 3 is 2.96 bits per heavy atom. The Bertz CT molecular complexity index is 942. The summed E-state index contributed by atoms with van der Waals surface area (Å²) in [6.07, 6.45) is 4.73. The van der Waals surface area contributed by atoms with Gasteiger partial charge in [0.2, 0.25) is 0 Å². The number of hydrogen-bond acceptors (Lipinski definition) is 5. The molecule has 2 fully saturated rings. The first-order valence-corrected chi connectivity index (χ1v) is 9.49. The lowest BCUT2D eigenvalue weighted by molar-refractivity contribution is -0.121.